The van der Waals surface area contributed by atoms with Crippen LogP contribution in [0.5, 0.6) is 0 Å². The molecule has 6 nitrogen and oxygen atoms in total. The molecule has 2 aromatic rings. The lowest BCUT2D eigenvalue weighted by molar-refractivity contribution is -0.153. The van der Waals surface area contributed by atoms with Gasteiger partial charge in [-0.25, -0.2) is 0 Å². The predicted molar refractivity (Wildman–Crippen MR) is 97.6 cm³/mol. The Bertz CT molecular complexity index is 896. The van der Waals surface area contributed by atoms with Crippen LogP contribution in [0, 0.1) is 19.3 Å². The summed E-state index contributed by atoms with van der Waals surface area (Å²) in [5.74, 6) is -0.678. The highest BCUT2D eigenvalue weighted by Crippen LogP contribution is 2.49. The van der Waals surface area contributed by atoms with Gasteiger partial charge in [0.25, 0.3) is 0 Å². The van der Waals surface area contributed by atoms with E-state index in [9.17, 15) is 18.0 Å². The van der Waals surface area contributed by atoms with Crippen molar-refractivity contribution in [1.29, 1.82) is 0 Å². The topological polar surface area (TPSA) is 56.0 Å². The molecule has 0 aliphatic carbocycles. The highest BCUT2D eigenvalue weighted by Gasteiger charge is 2.50. The minimum absolute atomic E-state index is 0.0943. The maximum Gasteiger partial charge on any atom is 0.408 e. The monoisotopic (exact) mass is 397 g/mol. The molecule has 2 atom stereocenters. The fraction of sp³-hybridized carbons (Fsp3) is 0.632. The van der Waals surface area contributed by atoms with Crippen LogP contribution >= 0.6 is 0 Å². The molecule has 0 N–H and O–H groups in total. The van der Waals surface area contributed by atoms with E-state index in [2.05, 4.69) is 24.0 Å². The number of rotatable bonds is 4. The van der Waals surface area contributed by atoms with Crippen molar-refractivity contribution in [3.8, 4) is 0 Å². The number of likely N-dealkylation sites (tertiary alicyclic amines) is 1. The molecule has 1 amide bonds. The van der Waals surface area contributed by atoms with Crippen molar-refractivity contribution in [3.05, 3.63) is 34.9 Å². The van der Waals surface area contributed by atoms with Gasteiger partial charge in [-0.05, 0) is 20.8 Å². The van der Waals surface area contributed by atoms with E-state index in [1.165, 1.54) is 0 Å². The number of nitrogens with zero attached hydrogens (tertiary/aromatic N) is 5. The molecule has 1 fully saturated rings. The molecule has 0 radical (unpaired) electrons. The number of alkyl halides is 3. The van der Waals surface area contributed by atoms with E-state index in [0.29, 0.717) is 23.5 Å². The molecular weight excluding hydrogens is 371 g/mol. The predicted octanol–water partition coefficient (Wildman–Crippen LogP) is 3.51. The molecule has 0 bridgehead atoms. The van der Waals surface area contributed by atoms with Crippen molar-refractivity contribution in [2.45, 2.75) is 59.3 Å². The van der Waals surface area contributed by atoms with Crippen LogP contribution in [0.1, 0.15) is 55.2 Å². The van der Waals surface area contributed by atoms with Crippen molar-refractivity contribution in [1.82, 2.24) is 24.5 Å². The summed E-state index contributed by atoms with van der Waals surface area (Å²) in [6.45, 7) is 8.60. The van der Waals surface area contributed by atoms with Crippen LogP contribution in [-0.2, 0) is 18.4 Å². The zero-order valence-corrected chi connectivity index (χ0v) is 17.0. The lowest BCUT2D eigenvalue weighted by Gasteiger charge is -2.54. The molecule has 154 valence electrons. The molecule has 3 heterocycles. The first-order chi connectivity index (χ1) is 12.8. The second-order valence-corrected chi connectivity index (χ2v) is 8.38. The Balaban J connectivity index is 1.87. The van der Waals surface area contributed by atoms with Crippen LogP contribution in [0.3, 0.4) is 0 Å². The molecule has 1 saturated heterocycles. The number of aryl methyl sites for hydroxylation is 2. The molecule has 2 aromatic heterocycles. The lowest BCUT2D eigenvalue weighted by atomic mass is 9.71. The second-order valence-electron chi connectivity index (χ2n) is 8.38. The Kier molecular flexibility index (Phi) is 4.84. The fourth-order valence-corrected chi connectivity index (χ4v) is 4.38. The minimum Gasteiger partial charge on any atom is -0.334 e. The summed E-state index contributed by atoms with van der Waals surface area (Å²) in [6.07, 6.45) is -0.705. The molecular formula is C19H26F3N5O. The third-order valence-corrected chi connectivity index (χ3v) is 5.52. The summed E-state index contributed by atoms with van der Waals surface area (Å²) in [7, 11) is 1.83. The Morgan fingerprint density at radius 1 is 1.36 bits per heavy atom. The number of halogens is 3. The second kappa shape index (κ2) is 6.63. The average Bonchev–Trinajstić information content (AvgIpc) is 3.06. The number of hydrogen-bond donors (Lipinski definition) is 0. The van der Waals surface area contributed by atoms with Crippen LogP contribution in [0.25, 0.3) is 0 Å². The van der Waals surface area contributed by atoms with Crippen LogP contribution in [0.15, 0.2) is 12.4 Å². The lowest BCUT2D eigenvalue weighted by Crippen LogP contribution is -2.58. The number of carbonyl (C=O) groups is 1. The highest BCUT2D eigenvalue weighted by molar-refractivity contribution is 5.85. The Labute approximate surface area is 162 Å². The number of carbonyl (C=O) groups excluding carboxylic acids is 1. The highest BCUT2D eigenvalue weighted by atomic mass is 19.4. The number of hydrogen-bond acceptors (Lipinski definition) is 3. The van der Waals surface area contributed by atoms with Crippen molar-refractivity contribution < 1.29 is 18.0 Å². The third-order valence-electron chi connectivity index (χ3n) is 5.52. The Hall–Kier alpha value is -2.32. The SMILES string of the molecule is Cc1nn(CC(F)(F)F)c(C)c1[C@H](C)C(=O)N1CC(C)(C)[C@@H]1c1cnn(C)c1. The number of aromatic nitrogens is 4. The van der Waals surface area contributed by atoms with Gasteiger partial charge in [-0.15, -0.1) is 0 Å². The van der Waals surface area contributed by atoms with Crippen LogP contribution < -0.4 is 0 Å². The van der Waals surface area contributed by atoms with Crippen LogP contribution in [0.4, 0.5) is 13.2 Å². The molecule has 1 aliphatic heterocycles. The largest absolute Gasteiger partial charge is 0.408 e. The molecule has 1 aliphatic rings. The van der Waals surface area contributed by atoms with Gasteiger partial charge in [-0.3, -0.25) is 14.2 Å². The molecule has 0 saturated carbocycles. The molecule has 0 spiro atoms. The molecule has 3 rings (SSSR count). The van der Waals surface area contributed by atoms with Gasteiger partial charge in [-0.2, -0.15) is 23.4 Å². The zero-order chi connectivity index (χ0) is 21.0. The number of amides is 1. The van der Waals surface area contributed by atoms with Gasteiger partial charge in [0, 0.05) is 42.0 Å². The van der Waals surface area contributed by atoms with Gasteiger partial charge in [0.2, 0.25) is 5.91 Å². The van der Waals surface area contributed by atoms with Gasteiger partial charge in [0.1, 0.15) is 6.54 Å². The van der Waals surface area contributed by atoms with Crippen molar-refractivity contribution in [2.75, 3.05) is 6.54 Å². The normalized spacial score (nSPS) is 20.2. The summed E-state index contributed by atoms with van der Waals surface area (Å²) in [5, 5.41) is 8.23. The van der Waals surface area contributed by atoms with Gasteiger partial charge >= 0.3 is 6.18 Å². The third kappa shape index (κ3) is 3.54. The van der Waals surface area contributed by atoms with E-state index in [1.807, 2.05) is 13.2 Å². The summed E-state index contributed by atoms with van der Waals surface area (Å²) in [4.78, 5) is 15.0. The van der Waals surface area contributed by atoms with E-state index in [4.69, 9.17) is 0 Å². The first-order valence-corrected chi connectivity index (χ1v) is 9.21. The Morgan fingerprint density at radius 2 is 2.00 bits per heavy atom. The fourth-order valence-electron chi connectivity index (χ4n) is 4.38. The molecule has 9 heteroatoms. The van der Waals surface area contributed by atoms with Gasteiger partial charge in [-0.1, -0.05) is 13.8 Å². The maximum atomic E-state index is 13.2. The molecule has 0 unspecified atom stereocenters. The van der Waals surface area contributed by atoms with E-state index < -0.39 is 18.6 Å². The molecule has 28 heavy (non-hydrogen) atoms. The van der Waals surface area contributed by atoms with Crippen LogP contribution in [-0.4, -0.2) is 43.1 Å². The zero-order valence-electron chi connectivity index (χ0n) is 17.0. The van der Waals surface area contributed by atoms with E-state index >= 15 is 0 Å². The first-order valence-electron chi connectivity index (χ1n) is 9.21. The van der Waals surface area contributed by atoms with E-state index in [-0.39, 0.29) is 17.4 Å². The minimum atomic E-state index is -4.36. The standard InChI is InChI=1S/C19H26F3N5O/c1-11(15-12(2)24-27(13(15)3)10-19(20,21)22)17(28)26-9-18(4,5)16(26)14-7-23-25(6)8-14/h7-8,11,16H,9-10H2,1-6H3/t11-,16-/m0/s1. The van der Waals surface area contributed by atoms with E-state index in [1.54, 1.807) is 36.5 Å². The maximum absolute atomic E-state index is 13.2. The summed E-state index contributed by atoms with van der Waals surface area (Å²) in [5.41, 5.74) is 2.28. The summed E-state index contributed by atoms with van der Waals surface area (Å²) < 4.78 is 41.0. The van der Waals surface area contributed by atoms with Gasteiger partial charge < -0.3 is 4.90 Å². The van der Waals surface area contributed by atoms with Crippen molar-refractivity contribution >= 4 is 5.91 Å². The quantitative estimate of drug-likeness (QED) is 0.793. The van der Waals surface area contributed by atoms with E-state index in [0.717, 1.165) is 10.2 Å². The smallest absolute Gasteiger partial charge is 0.334 e. The summed E-state index contributed by atoms with van der Waals surface area (Å²) in [6, 6.07) is -0.109. The average molecular weight is 397 g/mol. The molecule has 0 aromatic carbocycles. The first kappa shape index (κ1) is 20.4. The van der Waals surface area contributed by atoms with Crippen molar-refractivity contribution in [3.63, 3.8) is 0 Å². The van der Waals surface area contributed by atoms with Crippen LogP contribution in [0.2, 0.25) is 0 Å². The van der Waals surface area contributed by atoms with Crippen molar-refractivity contribution in [2.24, 2.45) is 12.5 Å². The van der Waals surface area contributed by atoms with Gasteiger partial charge in [0.15, 0.2) is 0 Å². The summed E-state index contributed by atoms with van der Waals surface area (Å²) >= 11 is 0. The Morgan fingerprint density at radius 3 is 2.50 bits per heavy atom. The van der Waals surface area contributed by atoms with Gasteiger partial charge in [0.05, 0.1) is 23.9 Å².